The minimum Gasteiger partial charge on any atom is -0.399 e. The second kappa shape index (κ2) is 6.18. The average Bonchev–Trinajstić information content (AvgIpc) is 2.47. The van der Waals surface area contributed by atoms with Gasteiger partial charge < -0.3 is 11.1 Å². The summed E-state index contributed by atoms with van der Waals surface area (Å²) in [7, 11) is 0. The second-order valence-corrected chi connectivity index (χ2v) is 5.78. The summed E-state index contributed by atoms with van der Waals surface area (Å²) in [6.45, 7) is 0. The Hall–Kier alpha value is -2.36. The number of carbonyl (C=O) groups excluding carboxylic acids is 1. The highest BCUT2D eigenvalue weighted by Crippen LogP contribution is 2.31. The predicted octanol–water partition coefficient (Wildman–Crippen LogP) is 3.14. The Morgan fingerprint density at radius 1 is 1.27 bits per heavy atom. The van der Waals surface area contributed by atoms with Crippen LogP contribution in [0, 0.1) is 5.82 Å². The molecule has 1 aliphatic rings. The van der Waals surface area contributed by atoms with Gasteiger partial charge >= 0.3 is 0 Å². The number of carbonyl (C=O) groups is 1. The molecule has 4 heteroatoms. The molecular formula is C18H19FN2O. The average molecular weight is 298 g/mol. The summed E-state index contributed by atoms with van der Waals surface area (Å²) >= 11 is 0. The van der Waals surface area contributed by atoms with Crippen LogP contribution in [0.15, 0.2) is 42.5 Å². The van der Waals surface area contributed by atoms with E-state index in [1.807, 2.05) is 18.2 Å². The Morgan fingerprint density at radius 2 is 2.14 bits per heavy atom. The van der Waals surface area contributed by atoms with E-state index in [1.165, 1.54) is 17.7 Å². The number of nitrogens with two attached hydrogens (primary N) is 1. The number of fused-ring (bicyclic) bond motifs is 1. The van der Waals surface area contributed by atoms with Crippen LogP contribution in [0.5, 0.6) is 0 Å². The molecular weight excluding hydrogens is 279 g/mol. The lowest BCUT2D eigenvalue weighted by Gasteiger charge is -2.26. The molecule has 22 heavy (non-hydrogen) atoms. The maximum atomic E-state index is 13.2. The fourth-order valence-corrected chi connectivity index (χ4v) is 3.06. The molecule has 0 heterocycles. The molecule has 1 unspecified atom stereocenters. The monoisotopic (exact) mass is 298 g/mol. The lowest BCUT2D eigenvalue weighted by atomic mass is 9.87. The van der Waals surface area contributed by atoms with E-state index in [1.54, 1.807) is 12.1 Å². The number of nitrogens with one attached hydrogen (secondary N) is 1. The topological polar surface area (TPSA) is 55.1 Å². The quantitative estimate of drug-likeness (QED) is 0.855. The van der Waals surface area contributed by atoms with Gasteiger partial charge in [-0.05, 0) is 60.2 Å². The molecule has 0 saturated carbocycles. The minimum absolute atomic E-state index is 0.0189. The standard InChI is InChI=1S/C18H19FN2O/c19-14-5-1-3-12(9-14)10-18(22)21-17-6-2-4-13-11-15(20)7-8-16(13)17/h1,3,5,7-9,11,17H,2,4,6,10,20H2,(H,21,22). The number of nitrogen functional groups attached to an aromatic ring is 1. The molecule has 0 spiro atoms. The largest absolute Gasteiger partial charge is 0.399 e. The first-order chi connectivity index (χ1) is 10.6. The van der Waals surface area contributed by atoms with Crippen molar-refractivity contribution < 1.29 is 9.18 Å². The van der Waals surface area contributed by atoms with Gasteiger partial charge in [0.1, 0.15) is 5.82 Å². The van der Waals surface area contributed by atoms with Gasteiger partial charge in [-0.2, -0.15) is 0 Å². The summed E-state index contributed by atoms with van der Waals surface area (Å²) < 4.78 is 13.2. The van der Waals surface area contributed by atoms with Crippen LogP contribution in [-0.2, 0) is 17.6 Å². The predicted molar refractivity (Wildman–Crippen MR) is 84.8 cm³/mol. The summed E-state index contributed by atoms with van der Waals surface area (Å²) in [4.78, 5) is 12.2. The SMILES string of the molecule is Nc1ccc2c(c1)CCCC2NC(=O)Cc1cccc(F)c1. The smallest absolute Gasteiger partial charge is 0.224 e. The van der Waals surface area contributed by atoms with Crippen molar-refractivity contribution >= 4 is 11.6 Å². The van der Waals surface area contributed by atoms with Crippen molar-refractivity contribution in [2.75, 3.05) is 5.73 Å². The van der Waals surface area contributed by atoms with Crippen molar-refractivity contribution in [3.05, 3.63) is 65.0 Å². The van der Waals surface area contributed by atoms with Crippen LogP contribution in [0.2, 0.25) is 0 Å². The molecule has 3 nitrogen and oxygen atoms in total. The molecule has 0 fully saturated rings. The van der Waals surface area contributed by atoms with Gasteiger partial charge in [-0.1, -0.05) is 18.2 Å². The Kier molecular flexibility index (Phi) is 4.09. The van der Waals surface area contributed by atoms with E-state index in [-0.39, 0.29) is 24.2 Å². The molecule has 0 bridgehead atoms. The lowest BCUT2D eigenvalue weighted by molar-refractivity contribution is -0.121. The van der Waals surface area contributed by atoms with Crippen LogP contribution in [0.4, 0.5) is 10.1 Å². The van der Waals surface area contributed by atoms with Crippen molar-refractivity contribution in [2.24, 2.45) is 0 Å². The first kappa shape index (κ1) is 14.6. The number of hydrogen-bond acceptors (Lipinski definition) is 2. The van der Waals surface area contributed by atoms with Crippen molar-refractivity contribution in [3.8, 4) is 0 Å². The number of benzene rings is 2. The zero-order valence-electron chi connectivity index (χ0n) is 12.3. The third-order valence-electron chi connectivity index (χ3n) is 4.07. The van der Waals surface area contributed by atoms with Gasteiger partial charge in [0, 0.05) is 5.69 Å². The molecule has 1 aliphatic carbocycles. The summed E-state index contributed by atoms with van der Waals surface area (Å²) in [5.74, 6) is -0.399. The van der Waals surface area contributed by atoms with Gasteiger partial charge in [-0.3, -0.25) is 4.79 Å². The Morgan fingerprint density at radius 3 is 2.95 bits per heavy atom. The van der Waals surface area contributed by atoms with E-state index < -0.39 is 0 Å². The third-order valence-corrected chi connectivity index (χ3v) is 4.07. The van der Waals surface area contributed by atoms with E-state index in [0.29, 0.717) is 5.56 Å². The minimum atomic E-state index is -0.316. The molecule has 1 amide bonds. The number of halogens is 1. The van der Waals surface area contributed by atoms with Gasteiger partial charge in [0.05, 0.1) is 12.5 Å². The van der Waals surface area contributed by atoms with Gasteiger partial charge in [-0.15, -0.1) is 0 Å². The number of rotatable bonds is 3. The zero-order chi connectivity index (χ0) is 15.5. The van der Waals surface area contributed by atoms with Gasteiger partial charge in [0.2, 0.25) is 5.91 Å². The summed E-state index contributed by atoms with van der Waals surface area (Å²) in [6.07, 6.45) is 3.14. The maximum absolute atomic E-state index is 13.2. The maximum Gasteiger partial charge on any atom is 0.224 e. The molecule has 0 aromatic heterocycles. The number of anilines is 1. The fraction of sp³-hybridized carbons (Fsp3) is 0.278. The third kappa shape index (κ3) is 3.27. The highest BCUT2D eigenvalue weighted by Gasteiger charge is 2.21. The molecule has 1 atom stereocenters. The van der Waals surface area contributed by atoms with Crippen LogP contribution in [0.1, 0.15) is 35.6 Å². The van der Waals surface area contributed by atoms with E-state index in [0.717, 1.165) is 30.5 Å². The molecule has 0 aliphatic heterocycles. The molecule has 3 N–H and O–H groups in total. The van der Waals surface area contributed by atoms with Crippen molar-refractivity contribution in [1.29, 1.82) is 0 Å². The summed E-state index contributed by atoms with van der Waals surface area (Å²) in [6, 6.07) is 12.0. The van der Waals surface area contributed by atoms with Crippen molar-refractivity contribution in [2.45, 2.75) is 31.7 Å². The Balaban J connectivity index is 1.70. The van der Waals surface area contributed by atoms with Crippen LogP contribution < -0.4 is 11.1 Å². The molecule has 0 saturated heterocycles. The van der Waals surface area contributed by atoms with E-state index >= 15 is 0 Å². The lowest BCUT2D eigenvalue weighted by Crippen LogP contribution is -2.32. The molecule has 2 aromatic rings. The van der Waals surface area contributed by atoms with Crippen LogP contribution >= 0.6 is 0 Å². The van der Waals surface area contributed by atoms with E-state index in [2.05, 4.69) is 5.32 Å². The van der Waals surface area contributed by atoms with Crippen LogP contribution in [-0.4, -0.2) is 5.91 Å². The molecule has 114 valence electrons. The van der Waals surface area contributed by atoms with Gasteiger partial charge in [0.15, 0.2) is 0 Å². The first-order valence-corrected chi connectivity index (χ1v) is 7.54. The van der Waals surface area contributed by atoms with E-state index in [4.69, 9.17) is 5.73 Å². The highest BCUT2D eigenvalue weighted by atomic mass is 19.1. The molecule has 0 radical (unpaired) electrons. The van der Waals surface area contributed by atoms with Crippen molar-refractivity contribution in [3.63, 3.8) is 0 Å². The Bertz CT molecular complexity index is 699. The molecule has 3 rings (SSSR count). The Labute approximate surface area is 129 Å². The summed E-state index contributed by atoms with van der Waals surface area (Å²) in [5, 5.41) is 3.06. The highest BCUT2D eigenvalue weighted by molar-refractivity contribution is 5.79. The van der Waals surface area contributed by atoms with Gasteiger partial charge in [-0.25, -0.2) is 4.39 Å². The van der Waals surface area contributed by atoms with Gasteiger partial charge in [0.25, 0.3) is 0 Å². The number of aryl methyl sites for hydroxylation is 1. The summed E-state index contributed by atoms with van der Waals surface area (Å²) in [5.41, 5.74) is 9.62. The fourth-order valence-electron chi connectivity index (χ4n) is 3.06. The number of hydrogen-bond donors (Lipinski definition) is 2. The normalized spacial score (nSPS) is 16.9. The number of amides is 1. The molecule has 2 aromatic carbocycles. The first-order valence-electron chi connectivity index (χ1n) is 7.54. The van der Waals surface area contributed by atoms with Crippen LogP contribution in [0.3, 0.4) is 0 Å². The second-order valence-electron chi connectivity index (χ2n) is 5.78. The van der Waals surface area contributed by atoms with E-state index in [9.17, 15) is 9.18 Å². The van der Waals surface area contributed by atoms with Crippen LogP contribution in [0.25, 0.3) is 0 Å². The van der Waals surface area contributed by atoms with Crippen molar-refractivity contribution in [1.82, 2.24) is 5.32 Å². The zero-order valence-corrected chi connectivity index (χ0v) is 12.3.